The summed E-state index contributed by atoms with van der Waals surface area (Å²) < 4.78 is 32.9. The van der Waals surface area contributed by atoms with E-state index in [0.717, 1.165) is 61.3 Å². The summed E-state index contributed by atoms with van der Waals surface area (Å²) in [7, 11) is 0. The van der Waals surface area contributed by atoms with Crippen LogP contribution in [0.25, 0.3) is 16.7 Å². The zero-order chi connectivity index (χ0) is 29.8. The van der Waals surface area contributed by atoms with E-state index in [9.17, 15) is 9.18 Å². The first-order valence-corrected chi connectivity index (χ1v) is 14.5. The van der Waals surface area contributed by atoms with Crippen LogP contribution in [0, 0.1) is 23.1 Å². The monoisotopic (exact) mass is 582 g/mol. The highest BCUT2D eigenvalue weighted by Gasteiger charge is 2.25. The SMILES string of the molecule is CCOC(=O)c1ccc2nc(CC3CC=C(c4ccnc(OCc5ccc(C#N)cc5F)n4)CC3)n(C[C@@H]3CCO3)c2n1. The van der Waals surface area contributed by atoms with Crippen LogP contribution in [0.3, 0.4) is 0 Å². The topological polar surface area (TPSA) is 125 Å². The van der Waals surface area contributed by atoms with Crippen LogP contribution in [0.4, 0.5) is 4.39 Å². The lowest BCUT2D eigenvalue weighted by atomic mass is 9.86. The molecule has 4 heterocycles. The summed E-state index contributed by atoms with van der Waals surface area (Å²) in [6.07, 6.45) is 8.37. The molecule has 0 radical (unpaired) electrons. The summed E-state index contributed by atoms with van der Waals surface area (Å²) in [5, 5.41) is 8.93. The number of carbonyl (C=O) groups excluding carboxylic acids is 1. The summed E-state index contributed by atoms with van der Waals surface area (Å²) in [5.41, 5.74) is 4.19. The maximum Gasteiger partial charge on any atom is 0.357 e. The van der Waals surface area contributed by atoms with Gasteiger partial charge in [0.15, 0.2) is 11.3 Å². The summed E-state index contributed by atoms with van der Waals surface area (Å²) in [6.45, 7) is 3.43. The highest BCUT2D eigenvalue weighted by Crippen LogP contribution is 2.32. The zero-order valence-corrected chi connectivity index (χ0v) is 23.8. The molecular formula is C32H31FN6O4. The summed E-state index contributed by atoms with van der Waals surface area (Å²) in [6, 6.07) is 11.7. The Hall–Kier alpha value is -4.69. The van der Waals surface area contributed by atoms with Gasteiger partial charge in [-0.15, -0.1) is 0 Å². The molecule has 220 valence electrons. The first-order valence-electron chi connectivity index (χ1n) is 14.5. The van der Waals surface area contributed by atoms with Crippen LogP contribution in [0.15, 0.2) is 48.7 Å². The Bertz CT molecular complexity index is 1720. The van der Waals surface area contributed by atoms with E-state index in [1.807, 2.05) is 18.2 Å². The lowest BCUT2D eigenvalue weighted by Gasteiger charge is -2.28. The normalized spacial score (nSPS) is 18.0. The van der Waals surface area contributed by atoms with Crippen LogP contribution in [-0.2, 0) is 29.0 Å². The van der Waals surface area contributed by atoms with E-state index in [2.05, 4.69) is 25.6 Å². The van der Waals surface area contributed by atoms with Crippen LogP contribution in [0.2, 0.25) is 0 Å². The number of imidazole rings is 1. The van der Waals surface area contributed by atoms with E-state index >= 15 is 0 Å². The number of carbonyl (C=O) groups is 1. The first kappa shape index (κ1) is 28.4. The number of halogens is 1. The van der Waals surface area contributed by atoms with Gasteiger partial charge in [0, 0.05) is 24.8 Å². The number of benzene rings is 1. The molecule has 11 heteroatoms. The second-order valence-corrected chi connectivity index (χ2v) is 10.7. The number of hydrogen-bond donors (Lipinski definition) is 0. The molecule has 1 aliphatic heterocycles. The minimum Gasteiger partial charge on any atom is -0.461 e. The van der Waals surface area contributed by atoms with Gasteiger partial charge >= 0.3 is 12.0 Å². The molecular weight excluding hydrogens is 551 g/mol. The molecule has 1 aromatic carbocycles. The van der Waals surface area contributed by atoms with Crippen LogP contribution < -0.4 is 4.74 Å². The molecule has 0 bridgehead atoms. The lowest BCUT2D eigenvalue weighted by Crippen LogP contribution is -2.32. The fourth-order valence-corrected chi connectivity index (χ4v) is 5.38. The average molecular weight is 583 g/mol. The molecule has 0 spiro atoms. The summed E-state index contributed by atoms with van der Waals surface area (Å²) in [5.74, 6) is 0.375. The first-order chi connectivity index (χ1) is 21.0. The molecule has 43 heavy (non-hydrogen) atoms. The molecule has 1 unspecified atom stereocenters. The third-order valence-corrected chi connectivity index (χ3v) is 7.83. The number of aromatic nitrogens is 5. The Morgan fingerprint density at radius 1 is 1.19 bits per heavy atom. The maximum absolute atomic E-state index is 14.2. The lowest BCUT2D eigenvalue weighted by molar-refractivity contribution is -0.0591. The zero-order valence-electron chi connectivity index (χ0n) is 23.8. The molecule has 2 atom stereocenters. The largest absolute Gasteiger partial charge is 0.461 e. The van der Waals surface area contributed by atoms with E-state index in [0.29, 0.717) is 23.7 Å². The van der Waals surface area contributed by atoms with Crippen molar-refractivity contribution in [3.8, 4) is 12.1 Å². The van der Waals surface area contributed by atoms with E-state index < -0.39 is 11.8 Å². The van der Waals surface area contributed by atoms with Crippen molar-refractivity contribution in [3.05, 3.63) is 82.8 Å². The Morgan fingerprint density at radius 3 is 2.79 bits per heavy atom. The van der Waals surface area contributed by atoms with Crippen molar-refractivity contribution in [2.45, 2.75) is 58.3 Å². The molecule has 10 nitrogen and oxygen atoms in total. The molecule has 4 aromatic rings. The van der Waals surface area contributed by atoms with Gasteiger partial charge < -0.3 is 18.8 Å². The van der Waals surface area contributed by atoms with Crippen LogP contribution in [-0.4, -0.2) is 49.8 Å². The predicted octanol–water partition coefficient (Wildman–Crippen LogP) is 5.20. The summed E-state index contributed by atoms with van der Waals surface area (Å²) in [4.78, 5) is 30.6. The number of rotatable bonds is 10. The number of allylic oxidation sites excluding steroid dienone is 2. The third kappa shape index (κ3) is 6.39. The number of pyridine rings is 1. The maximum atomic E-state index is 14.2. The van der Waals surface area contributed by atoms with E-state index in [4.69, 9.17) is 24.5 Å². The fourth-order valence-electron chi connectivity index (χ4n) is 5.38. The van der Waals surface area contributed by atoms with E-state index in [-0.39, 0.29) is 36.6 Å². The van der Waals surface area contributed by atoms with Crippen LogP contribution in [0.1, 0.15) is 65.7 Å². The average Bonchev–Trinajstić information content (AvgIpc) is 3.34. The molecule has 0 saturated carbocycles. The number of esters is 1. The van der Waals surface area contributed by atoms with Gasteiger partial charge in [-0.2, -0.15) is 10.2 Å². The van der Waals surface area contributed by atoms with Crippen molar-refractivity contribution >= 4 is 22.7 Å². The molecule has 2 aliphatic rings. The van der Waals surface area contributed by atoms with Crippen LogP contribution >= 0.6 is 0 Å². The van der Waals surface area contributed by atoms with E-state index in [1.54, 1.807) is 25.3 Å². The molecule has 1 aliphatic carbocycles. The van der Waals surface area contributed by atoms with Gasteiger partial charge in [-0.1, -0.05) is 12.1 Å². The van der Waals surface area contributed by atoms with Crippen molar-refractivity contribution < 1.29 is 23.4 Å². The molecule has 1 saturated heterocycles. The van der Waals surface area contributed by atoms with Gasteiger partial charge in [-0.3, -0.25) is 0 Å². The third-order valence-electron chi connectivity index (χ3n) is 7.83. The van der Waals surface area contributed by atoms with Crippen molar-refractivity contribution in [2.75, 3.05) is 13.2 Å². The molecule has 0 N–H and O–H groups in total. The second kappa shape index (κ2) is 12.7. The standard InChI is InChI=1S/C32H31FN6O4/c1-2-41-31(40)28-10-9-27-30(37-28)39(18-24-12-14-42-24)29(36-27)16-20-3-6-22(7-4-20)26-11-13-35-32(38-26)43-19-23-8-5-21(17-34)15-25(23)33/h5-6,8-11,13,15,20,24H,2-4,7,12,14,16,18-19H2,1H3/t20?,24-/m0/s1. The van der Waals surface area contributed by atoms with Gasteiger partial charge in [0.2, 0.25) is 0 Å². The number of ether oxygens (including phenoxy) is 3. The number of fused-ring (bicyclic) bond motifs is 1. The van der Waals surface area contributed by atoms with Crippen molar-refractivity contribution in [1.82, 2.24) is 24.5 Å². The Morgan fingerprint density at radius 2 is 2.07 bits per heavy atom. The molecule has 3 aromatic heterocycles. The Labute approximate surface area is 248 Å². The summed E-state index contributed by atoms with van der Waals surface area (Å²) >= 11 is 0. The van der Waals surface area contributed by atoms with E-state index in [1.165, 1.54) is 12.1 Å². The van der Waals surface area contributed by atoms with Gasteiger partial charge in [0.1, 0.15) is 23.8 Å². The molecule has 0 amide bonds. The smallest absolute Gasteiger partial charge is 0.357 e. The number of hydrogen-bond acceptors (Lipinski definition) is 9. The highest BCUT2D eigenvalue weighted by molar-refractivity contribution is 5.89. The van der Waals surface area contributed by atoms with Gasteiger partial charge in [0.05, 0.1) is 36.6 Å². The van der Waals surface area contributed by atoms with Gasteiger partial charge in [0.25, 0.3) is 0 Å². The number of nitriles is 1. The second-order valence-electron chi connectivity index (χ2n) is 10.7. The number of nitrogens with zero attached hydrogens (tertiary/aromatic N) is 6. The quantitative estimate of drug-likeness (QED) is 0.232. The van der Waals surface area contributed by atoms with Crippen molar-refractivity contribution in [1.29, 1.82) is 5.26 Å². The minimum atomic E-state index is -0.500. The fraction of sp³-hybridized carbons (Fsp3) is 0.375. The van der Waals surface area contributed by atoms with Gasteiger partial charge in [-0.05, 0) is 74.4 Å². The Balaban J connectivity index is 1.14. The predicted molar refractivity (Wildman–Crippen MR) is 154 cm³/mol. The van der Waals surface area contributed by atoms with Crippen molar-refractivity contribution in [2.24, 2.45) is 5.92 Å². The van der Waals surface area contributed by atoms with Gasteiger partial charge in [-0.25, -0.2) is 24.1 Å². The minimum absolute atomic E-state index is 0.0366. The molecule has 1 fully saturated rings. The highest BCUT2D eigenvalue weighted by atomic mass is 19.1. The molecule has 6 rings (SSSR count). The van der Waals surface area contributed by atoms with Crippen molar-refractivity contribution in [3.63, 3.8) is 0 Å². The van der Waals surface area contributed by atoms with Crippen LogP contribution in [0.5, 0.6) is 6.01 Å². The Kier molecular flexibility index (Phi) is 8.38.